The minimum absolute atomic E-state index is 0.138. The van der Waals surface area contributed by atoms with Gasteiger partial charge in [0.25, 0.3) is 5.91 Å². The lowest BCUT2D eigenvalue weighted by Gasteiger charge is -2.39. The van der Waals surface area contributed by atoms with E-state index in [-0.39, 0.29) is 24.1 Å². The maximum absolute atomic E-state index is 12.9. The van der Waals surface area contributed by atoms with Crippen molar-refractivity contribution >= 4 is 17.8 Å². The standard InChI is InChI=1S/C17H22N2O5/c20-15(18-8-3-5-12(11-18)17(22)23)13-6-1-2-9-19(13)16(21)14-7-4-10-24-14/h4,7,10,12-13H,1-3,5-6,8-9,11H2,(H,22,23)/t12-,13-/m1/s1. The molecule has 0 bridgehead atoms. The molecule has 1 aromatic heterocycles. The molecule has 0 unspecified atom stereocenters. The van der Waals surface area contributed by atoms with Gasteiger partial charge in [-0.1, -0.05) is 0 Å². The Bertz CT molecular complexity index is 613. The van der Waals surface area contributed by atoms with Crippen molar-refractivity contribution in [3.05, 3.63) is 24.2 Å². The van der Waals surface area contributed by atoms with Gasteiger partial charge in [0.1, 0.15) is 6.04 Å². The average Bonchev–Trinajstić information content (AvgIpc) is 3.15. The molecule has 0 saturated carbocycles. The zero-order chi connectivity index (χ0) is 17.1. The summed E-state index contributed by atoms with van der Waals surface area (Å²) in [6.45, 7) is 1.31. The fourth-order valence-electron chi connectivity index (χ4n) is 3.56. The molecule has 24 heavy (non-hydrogen) atoms. The highest BCUT2D eigenvalue weighted by Crippen LogP contribution is 2.24. The molecule has 7 nitrogen and oxygen atoms in total. The molecule has 0 aromatic carbocycles. The van der Waals surface area contributed by atoms with E-state index in [1.54, 1.807) is 21.9 Å². The van der Waals surface area contributed by atoms with E-state index in [2.05, 4.69) is 0 Å². The molecule has 2 aliphatic rings. The second-order valence-electron chi connectivity index (χ2n) is 6.45. The Morgan fingerprint density at radius 3 is 2.67 bits per heavy atom. The third-order valence-electron chi connectivity index (χ3n) is 4.86. The zero-order valence-corrected chi connectivity index (χ0v) is 13.5. The van der Waals surface area contributed by atoms with Crippen LogP contribution in [0.2, 0.25) is 0 Å². The number of rotatable bonds is 3. The van der Waals surface area contributed by atoms with Crippen molar-refractivity contribution in [3.8, 4) is 0 Å². The van der Waals surface area contributed by atoms with Crippen LogP contribution in [0, 0.1) is 5.92 Å². The van der Waals surface area contributed by atoms with Crippen molar-refractivity contribution in [2.75, 3.05) is 19.6 Å². The Balaban J connectivity index is 1.74. The van der Waals surface area contributed by atoms with Gasteiger partial charge in [0.2, 0.25) is 5.91 Å². The highest BCUT2D eigenvalue weighted by molar-refractivity contribution is 5.95. The molecule has 1 aromatic rings. The van der Waals surface area contributed by atoms with E-state index in [1.165, 1.54) is 6.26 Å². The normalized spacial score (nSPS) is 24.7. The number of hydrogen-bond donors (Lipinski definition) is 1. The number of hydrogen-bond acceptors (Lipinski definition) is 4. The van der Waals surface area contributed by atoms with Crippen LogP contribution in [0.4, 0.5) is 0 Å². The number of nitrogens with zero attached hydrogens (tertiary/aromatic N) is 2. The monoisotopic (exact) mass is 334 g/mol. The van der Waals surface area contributed by atoms with Crippen LogP contribution in [0.15, 0.2) is 22.8 Å². The number of furan rings is 1. The van der Waals surface area contributed by atoms with E-state index in [0.717, 1.165) is 12.8 Å². The van der Waals surface area contributed by atoms with Gasteiger partial charge >= 0.3 is 5.97 Å². The largest absolute Gasteiger partial charge is 0.481 e. The predicted molar refractivity (Wildman–Crippen MR) is 84.3 cm³/mol. The van der Waals surface area contributed by atoms with Crippen molar-refractivity contribution in [3.63, 3.8) is 0 Å². The Kier molecular flexibility index (Phi) is 4.87. The van der Waals surface area contributed by atoms with Gasteiger partial charge in [0.05, 0.1) is 12.2 Å². The highest BCUT2D eigenvalue weighted by Gasteiger charge is 2.38. The van der Waals surface area contributed by atoms with Gasteiger partial charge in [-0.3, -0.25) is 14.4 Å². The molecule has 0 spiro atoms. The molecule has 2 fully saturated rings. The molecule has 2 atom stereocenters. The molecule has 7 heteroatoms. The number of amides is 2. The number of aliphatic carboxylic acids is 1. The van der Waals surface area contributed by atoms with E-state index in [1.807, 2.05) is 0 Å². The van der Waals surface area contributed by atoms with Crippen LogP contribution < -0.4 is 0 Å². The third-order valence-corrected chi connectivity index (χ3v) is 4.86. The molecule has 3 heterocycles. The second-order valence-corrected chi connectivity index (χ2v) is 6.45. The van der Waals surface area contributed by atoms with Crippen LogP contribution in [0.3, 0.4) is 0 Å². The summed E-state index contributed by atoms with van der Waals surface area (Å²) in [5, 5.41) is 9.20. The number of carbonyl (C=O) groups is 3. The van der Waals surface area contributed by atoms with Gasteiger partial charge in [-0.05, 0) is 44.2 Å². The van der Waals surface area contributed by atoms with Crippen molar-refractivity contribution in [1.82, 2.24) is 9.80 Å². The first-order chi connectivity index (χ1) is 11.6. The van der Waals surface area contributed by atoms with Gasteiger partial charge in [-0.15, -0.1) is 0 Å². The number of likely N-dealkylation sites (tertiary alicyclic amines) is 2. The highest BCUT2D eigenvalue weighted by atomic mass is 16.4. The summed E-state index contributed by atoms with van der Waals surface area (Å²) in [6, 6.07) is 2.72. The predicted octanol–water partition coefficient (Wildman–Crippen LogP) is 1.60. The fraction of sp³-hybridized carbons (Fsp3) is 0.588. The minimum Gasteiger partial charge on any atom is -0.481 e. The van der Waals surface area contributed by atoms with Crippen LogP contribution in [0.5, 0.6) is 0 Å². The van der Waals surface area contributed by atoms with E-state index < -0.39 is 17.9 Å². The number of carboxylic acids is 1. The number of carbonyl (C=O) groups excluding carboxylic acids is 2. The summed E-state index contributed by atoms with van der Waals surface area (Å²) >= 11 is 0. The van der Waals surface area contributed by atoms with Gasteiger partial charge in [-0.25, -0.2) is 0 Å². The Morgan fingerprint density at radius 1 is 1.12 bits per heavy atom. The van der Waals surface area contributed by atoms with Gasteiger partial charge < -0.3 is 19.3 Å². The quantitative estimate of drug-likeness (QED) is 0.906. The van der Waals surface area contributed by atoms with Crippen LogP contribution in [0.1, 0.15) is 42.7 Å². The Morgan fingerprint density at radius 2 is 1.96 bits per heavy atom. The summed E-state index contributed by atoms with van der Waals surface area (Å²) in [5.41, 5.74) is 0. The van der Waals surface area contributed by atoms with Crippen LogP contribution in [-0.2, 0) is 9.59 Å². The molecule has 2 aliphatic heterocycles. The Labute approximate surface area is 140 Å². The first-order valence-corrected chi connectivity index (χ1v) is 8.44. The maximum Gasteiger partial charge on any atom is 0.308 e. The molecule has 3 rings (SSSR count). The van der Waals surface area contributed by atoms with Crippen LogP contribution in [-0.4, -0.2) is 58.4 Å². The minimum atomic E-state index is -0.861. The zero-order valence-electron chi connectivity index (χ0n) is 13.5. The number of piperidine rings is 2. The molecular formula is C17H22N2O5. The lowest BCUT2D eigenvalue weighted by molar-refractivity contribution is -0.147. The fourth-order valence-corrected chi connectivity index (χ4v) is 3.56. The van der Waals surface area contributed by atoms with Crippen molar-refractivity contribution < 1.29 is 23.9 Å². The SMILES string of the molecule is O=C(O)[C@@H]1CCCN(C(=O)[C@H]2CCCCN2C(=O)c2ccco2)C1. The summed E-state index contributed by atoms with van der Waals surface area (Å²) in [5.74, 6) is -1.55. The van der Waals surface area contributed by atoms with Gasteiger partial charge in [0, 0.05) is 19.6 Å². The molecule has 0 radical (unpaired) electrons. The number of carboxylic acid groups (broad SMARTS) is 1. The summed E-state index contributed by atoms with van der Waals surface area (Å²) in [6.07, 6.45) is 5.07. The second kappa shape index (κ2) is 7.07. The summed E-state index contributed by atoms with van der Waals surface area (Å²) < 4.78 is 5.18. The first kappa shape index (κ1) is 16.5. The topological polar surface area (TPSA) is 91.1 Å². The lowest BCUT2D eigenvalue weighted by Crippen LogP contribution is -2.55. The van der Waals surface area contributed by atoms with Crippen molar-refractivity contribution in [2.24, 2.45) is 5.92 Å². The van der Waals surface area contributed by atoms with E-state index >= 15 is 0 Å². The van der Waals surface area contributed by atoms with Crippen LogP contribution in [0.25, 0.3) is 0 Å². The molecule has 2 saturated heterocycles. The molecule has 1 N–H and O–H groups in total. The van der Waals surface area contributed by atoms with Crippen molar-refractivity contribution in [2.45, 2.75) is 38.1 Å². The molecular weight excluding hydrogens is 312 g/mol. The molecule has 0 aliphatic carbocycles. The first-order valence-electron chi connectivity index (χ1n) is 8.44. The van der Waals surface area contributed by atoms with Gasteiger partial charge in [-0.2, -0.15) is 0 Å². The van der Waals surface area contributed by atoms with Crippen LogP contribution >= 0.6 is 0 Å². The molecule has 130 valence electrons. The summed E-state index contributed by atoms with van der Waals surface area (Å²) in [4.78, 5) is 39.9. The lowest BCUT2D eigenvalue weighted by atomic mass is 9.95. The molecule has 2 amide bonds. The average molecular weight is 334 g/mol. The van der Waals surface area contributed by atoms with E-state index in [4.69, 9.17) is 4.42 Å². The van der Waals surface area contributed by atoms with Crippen molar-refractivity contribution in [1.29, 1.82) is 0 Å². The summed E-state index contributed by atoms with van der Waals surface area (Å²) in [7, 11) is 0. The third kappa shape index (κ3) is 3.29. The maximum atomic E-state index is 12.9. The van der Waals surface area contributed by atoms with E-state index in [0.29, 0.717) is 32.4 Å². The Hall–Kier alpha value is -2.31. The van der Waals surface area contributed by atoms with Gasteiger partial charge in [0.15, 0.2) is 5.76 Å². The smallest absolute Gasteiger partial charge is 0.308 e. The van der Waals surface area contributed by atoms with E-state index in [9.17, 15) is 19.5 Å².